The summed E-state index contributed by atoms with van der Waals surface area (Å²) in [6.07, 6.45) is 6.85. The van der Waals surface area contributed by atoms with Crippen LogP contribution in [0.1, 0.15) is 73.0 Å². The number of methoxy groups -OCH3 is 3. The van der Waals surface area contributed by atoms with Crippen LogP contribution in [0.4, 0.5) is 5.69 Å². The van der Waals surface area contributed by atoms with Gasteiger partial charge in [0.25, 0.3) is 0 Å². The maximum atomic E-state index is 15.5. The molecule has 12 heteroatoms. The fourth-order valence-electron chi connectivity index (χ4n) is 12.8. The highest BCUT2D eigenvalue weighted by Gasteiger charge is 2.80. The Morgan fingerprint density at radius 1 is 1.05 bits per heavy atom. The van der Waals surface area contributed by atoms with E-state index in [1.165, 1.54) is 26.7 Å². The van der Waals surface area contributed by atoms with Crippen molar-refractivity contribution in [3.8, 4) is 5.75 Å². The van der Waals surface area contributed by atoms with Crippen LogP contribution in [0.3, 0.4) is 0 Å². The van der Waals surface area contributed by atoms with Crippen molar-refractivity contribution in [2.24, 2.45) is 11.3 Å². The van der Waals surface area contributed by atoms with Crippen molar-refractivity contribution in [2.45, 2.75) is 87.6 Å². The molecule has 0 amide bonds. The predicted molar refractivity (Wildman–Crippen MR) is 214 cm³/mol. The average molecular weight is 782 g/mol. The monoisotopic (exact) mass is 781 g/mol. The molecule has 9 rings (SSSR count). The van der Waals surface area contributed by atoms with E-state index in [4.69, 9.17) is 23.1 Å². The number of fused-ring (bicyclic) bond motifs is 6. The first kappa shape index (κ1) is 34.4. The van der Waals surface area contributed by atoms with Crippen LogP contribution in [-0.2, 0) is 46.0 Å². The minimum absolute atomic E-state index is 0.168. The van der Waals surface area contributed by atoms with E-state index in [1.54, 1.807) is 0 Å². The van der Waals surface area contributed by atoms with E-state index >= 15 is 4.79 Å². The van der Waals surface area contributed by atoms with Crippen molar-refractivity contribution in [3.63, 3.8) is 0 Å². The van der Waals surface area contributed by atoms with Crippen LogP contribution >= 0.6 is 0 Å². The largest absolute Gasteiger partial charge is 0.496 e. The van der Waals surface area contributed by atoms with Gasteiger partial charge in [0.2, 0.25) is 5.60 Å². The Morgan fingerprint density at radius 3 is 2.58 bits per heavy atom. The molecule has 2 aromatic carbocycles. The number of para-hydroxylation sites is 1. The van der Waals surface area contributed by atoms with Gasteiger partial charge >= 0.3 is 17.9 Å². The number of aromatic nitrogens is 1. The number of aliphatic hydroxyl groups is 1. The second-order valence-electron chi connectivity index (χ2n) is 17.1. The van der Waals surface area contributed by atoms with Crippen LogP contribution < -0.4 is 9.64 Å². The smallest absolute Gasteiger partial charge is 0.344 e. The van der Waals surface area contributed by atoms with Gasteiger partial charge in [-0.2, -0.15) is 0 Å². The van der Waals surface area contributed by atoms with Crippen LogP contribution in [0, 0.1) is 11.3 Å². The highest BCUT2D eigenvalue weighted by molar-refractivity contribution is 5.95. The number of aromatic amines is 1. The van der Waals surface area contributed by atoms with E-state index in [1.807, 2.05) is 67.4 Å². The Balaban J connectivity index is 1.38. The zero-order valence-electron chi connectivity index (χ0n) is 36.5. The summed E-state index contributed by atoms with van der Waals surface area (Å²) in [6, 6.07) is 10.3. The number of benzene rings is 2. The standard InChI is InChI=1S/C45H54N4O8/c1-8-27-19-28-22-44(40(51)55-6,36-30(25-48(23-27)24-28)29-13-10-11-14-33(29)46-36)32-20-31-34(21-35(32)54-5)47(4)38-43(31)16-18-49-17-12-15-42(9-2,37(43)49)39(57-26(3)50)45(38,53)41(52)56-7/h10-15,19-21,28,37-39,46,53H,8-9,16-18,22-25H2,1-7H3/t28?,37-,38+,39+,42+,43+,44+,45-/m0/s1/i6D3. The maximum Gasteiger partial charge on any atom is 0.344 e. The summed E-state index contributed by atoms with van der Waals surface area (Å²) in [4.78, 5) is 53.1. The number of nitrogens with zero attached hydrogens (tertiary/aromatic N) is 3. The molecule has 0 radical (unpaired) electrons. The van der Waals surface area contributed by atoms with Gasteiger partial charge in [0.1, 0.15) is 11.2 Å². The normalized spacial score (nSPS) is 35.9. The molecule has 57 heavy (non-hydrogen) atoms. The molecular formula is C45H54N4O8. The lowest BCUT2D eigenvalue weighted by atomic mass is 9.47. The lowest BCUT2D eigenvalue weighted by Crippen LogP contribution is -2.81. The fourth-order valence-corrected chi connectivity index (χ4v) is 12.8. The number of rotatable bonds is 7. The number of hydrogen-bond acceptors (Lipinski definition) is 11. The minimum Gasteiger partial charge on any atom is -0.496 e. The number of carbonyl (C=O) groups is 3. The van der Waals surface area contributed by atoms with Gasteiger partial charge in [0.05, 0.1) is 31.4 Å². The highest BCUT2D eigenvalue weighted by Crippen LogP contribution is 2.68. The maximum absolute atomic E-state index is 15.5. The Morgan fingerprint density at radius 2 is 1.86 bits per heavy atom. The van der Waals surface area contributed by atoms with Gasteiger partial charge in [0, 0.05) is 90.9 Å². The number of likely N-dealkylation sites (N-methyl/N-ethyl adjacent to an activating group) is 1. The molecule has 3 aromatic rings. The highest BCUT2D eigenvalue weighted by atomic mass is 16.6. The number of hydrogen-bond donors (Lipinski definition) is 2. The lowest BCUT2D eigenvalue weighted by Gasteiger charge is -2.63. The van der Waals surface area contributed by atoms with Crippen LogP contribution in [0.2, 0.25) is 0 Å². The number of H-pyrrole nitrogens is 1. The molecule has 12 nitrogen and oxygen atoms in total. The summed E-state index contributed by atoms with van der Waals surface area (Å²) >= 11 is 0. The zero-order chi connectivity index (χ0) is 42.7. The number of ether oxygens (including phenoxy) is 4. The number of esters is 3. The minimum atomic E-state index is -3.07. The molecule has 2 bridgehead atoms. The van der Waals surface area contributed by atoms with Gasteiger partial charge in [0.15, 0.2) is 6.10 Å². The van der Waals surface area contributed by atoms with Crippen molar-refractivity contribution >= 4 is 34.5 Å². The predicted octanol–water partition coefficient (Wildman–Crippen LogP) is 4.75. The third-order valence-electron chi connectivity index (χ3n) is 14.7. The van der Waals surface area contributed by atoms with Crippen molar-refractivity contribution in [1.82, 2.24) is 14.8 Å². The SMILES string of the molecule is [2H]C([2H])([2H])OC(=O)[C@@]1(c2cc3c(cc2OC)N(C)[C@H]2[C@@](O)(C(=O)OC)[C@H](OC(C)=O)[C@]4(CC)C=CCN5CC[C@]32[C@@H]54)CC2C=C(CC)CN(Cc3c1[nH]c1ccccc31)C2. The van der Waals surface area contributed by atoms with E-state index in [2.05, 4.69) is 27.8 Å². The molecule has 1 aromatic heterocycles. The fraction of sp³-hybridized carbons (Fsp3) is 0.533. The van der Waals surface area contributed by atoms with Gasteiger partial charge in [-0.1, -0.05) is 55.8 Å². The number of carbonyl (C=O) groups excluding carboxylic acids is 3. The Kier molecular flexibility index (Phi) is 7.96. The Hall–Kier alpha value is -4.65. The van der Waals surface area contributed by atoms with Crippen molar-refractivity contribution in [2.75, 3.05) is 59.4 Å². The zero-order valence-corrected chi connectivity index (χ0v) is 33.5. The van der Waals surface area contributed by atoms with Crippen molar-refractivity contribution in [1.29, 1.82) is 0 Å². The van der Waals surface area contributed by atoms with Crippen LogP contribution in [0.5, 0.6) is 5.75 Å². The topological polar surface area (TPSA) is 134 Å². The molecule has 2 N–H and O–H groups in total. The first-order chi connectivity index (χ1) is 28.5. The van der Waals surface area contributed by atoms with Gasteiger partial charge in [-0.15, -0.1) is 0 Å². The van der Waals surface area contributed by atoms with Crippen molar-refractivity contribution in [3.05, 3.63) is 82.6 Å². The average Bonchev–Trinajstić information content (AvgIpc) is 3.86. The molecule has 1 aliphatic carbocycles. The van der Waals surface area contributed by atoms with Crippen LogP contribution in [0.25, 0.3) is 10.9 Å². The van der Waals surface area contributed by atoms with Crippen LogP contribution in [0.15, 0.2) is 60.2 Å². The molecule has 2 unspecified atom stereocenters. The molecule has 6 aliphatic rings. The summed E-state index contributed by atoms with van der Waals surface area (Å²) in [5.74, 6) is -2.35. The van der Waals surface area contributed by atoms with E-state index in [9.17, 15) is 14.7 Å². The number of nitrogens with one attached hydrogen (secondary N) is 1. The molecule has 302 valence electrons. The Labute approximate surface area is 338 Å². The van der Waals surface area contributed by atoms with Gasteiger partial charge < -0.3 is 33.9 Å². The molecule has 5 aliphatic heterocycles. The van der Waals surface area contributed by atoms with Gasteiger partial charge in [-0.3, -0.25) is 19.4 Å². The first-order valence-corrected chi connectivity index (χ1v) is 20.1. The number of anilines is 1. The Bertz CT molecular complexity index is 2360. The molecule has 1 spiro atoms. The summed E-state index contributed by atoms with van der Waals surface area (Å²) in [5, 5.41) is 14.2. The molecule has 1 saturated heterocycles. The van der Waals surface area contributed by atoms with Crippen molar-refractivity contribution < 1.29 is 42.5 Å². The summed E-state index contributed by atoms with van der Waals surface area (Å²) in [5.41, 5.74) is -0.837. The van der Waals surface area contributed by atoms with E-state index in [0.29, 0.717) is 61.7 Å². The summed E-state index contributed by atoms with van der Waals surface area (Å²) < 4.78 is 48.3. The first-order valence-electron chi connectivity index (χ1n) is 21.6. The van der Waals surface area contributed by atoms with E-state index < -0.39 is 58.9 Å². The third kappa shape index (κ3) is 4.80. The lowest BCUT2D eigenvalue weighted by molar-refractivity contribution is -0.228. The molecule has 6 heterocycles. The summed E-state index contributed by atoms with van der Waals surface area (Å²) in [6.45, 7) is 8.50. The van der Waals surface area contributed by atoms with E-state index in [-0.39, 0.29) is 18.4 Å². The van der Waals surface area contributed by atoms with Gasteiger partial charge in [-0.05, 0) is 61.4 Å². The molecule has 1 saturated carbocycles. The molecule has 9 atom stereocenters. The van der Waals surface area contributed by atoms with Crippen LogP contribution in [-0.4, -0.2) is 116 Å². The summed E-state index contributed by atoms with van der Waals surface area (Å²) in [7, 11) is 1.49. The van der Waals surface area contributed by atoms with Gasteiger partial charge in [-0.25, -0.2) is 4.79 Å². The molecular weight excluding hydrogens is 725 g/mol. The molecule has 2 fully saturated rings. The quantitative estimate of drug-likeness (QED) is 0.196. The second kappa shape index (κ2) is 13.2. The third-order valence-corrected chi connectivity index (χ3v) is 14.7. The van der Waals surface area contributed by atoms with E-state index in [0.717, 1.165) is 35.0 Å². The second-order valence-corrected chi connectivity index (χ2v) is 17.1.